The zero-order chi connectivity index (χ0) is 22.5. The molecule has 9 heteroatoms. The minimum atomic E-state index is -1.70. The van der Waals surface area contributed by atoms with Crippen molar-refractivity contribution in [1.29, 1.82) is 0 Å². The van der Waals surface area contributed by atoms with E-state index in [2.05, 4.69) is 82.5 Å². The van der Waals surface area contributed by atoms with E-state index in [1.54, 1.807) is 0 Å². The summed E-state index contributed by atoms with van der Waals surface area (Å²) < 4.78 is 22.1. The van der Waals surface area contributed by atoms with Crippen molar-refractivity contribution in [2.24, 2.45) is 0 Å². The van der Waals surface area contributed by atoms with Crippen LogP contribution in [0.15, 0.2) is 86.2 Å². The van der Waals surface area contributed by atoms with Crippen LogP contribution in [0.5, 0.6) is 0 Å². The molecule has 0 aromatic heterocycles. The summed E-state index contributed by atoms with van der Waals surface area (Å²) in [5.74, 6) is -0.187. The van der Waals surface area contributed by atoms with Gasteiger partial charge in [0.05, 0.1) is 0 Å². The Morgan fingerprint density at radius 2 is 1.43 bits per heavy atom. The Morgan fingerprint density at radius 3 is 1.83 bits per heavy atom. The third kappa shape index (κ3) is 13.2. The molecule has 0 aliphatic rings. The fourth-order valence-electron chi connectivity index (χ4n) is 1.80. The predicted octanol–water partition coefficient (Wildman–Crippen LogP) is 9.22. The summed E-state index contributed by atoms with van der Waals surface area (Å²) >= 11 is 9.61. The number of hydrogen-bond donors (Lipinski definition) is 0. The number of rotatable bonds is 3. The average Bonchev–Trinajstić information content (AvgIpc) is 2.68. The molecule has 30 heavy (non-hydrogen) atoms. The summed E-state index contributed by atoms with van der Waals surface area (Å²) in [6.45, 7) is 1.45. The number of halogens is 6. The third-order valence-electron chi connectivity index (χ3n) is 2.98. The molecule has 0 saturated heterocycles. The maximum absolute atomic E-state index is 10.7. The molecule has 3 aromatic carbocycles. The normalized spacial score (nSPS) is 10.0. The van der Waals surface area contributed by atoms with Gasteiger partial charge in [0, 0.05) is 16.1 Å². The molecule has 0 saturated carbocycles. The molecule has 3 aromatic rings. The molecule has 0 spiro atoms. The summed E-state index contributed by atoms with van der Waals surface area (Å²) in [6.07, 6.45) is 0. The van der Waals surface area contributed by atoms with Crippen molar-refractivity contribution in [2.45, 2.75) is 6.92 Å². The van der Waals surface area contributed by atoms with Gasteiger partial charge in [-0.05, 0) is 59.0 Å². The molecule has 0 fully saturated rings. The van der Waals surface area contributed by atoms with Crippen molar-refractivity contribution in [3.8, 4) is 0 Å². The van der Waals surface area contributed by atoms with Gasteiger partial charge in [0.25, 0.3) is 0 Å². The van der Waals surface area contributed by atoms with Gasteiger partial charge in [-0.1, -0.05) is 44.0 Å². The first-order chi connectivity index (χ1) is 14.2. The van der Waals surface area contributed by atoms with Crippen LogP contribution in [0.25, 0.3) is 0 Å². The van der Waals surface area contributed by atoms with Gasteiger partial charge in [-0.3, -0.25) is 3.07 Å². The van der Waals surface area contributed by atoms with Crippen LogP contribution >= 0.6 is 112 Å². The van der Waals surface area contributed by atoms with Crippen LogP contribution in [0, 0.1) is 10.7 Å². The van der Waals surface area contributed by atoms with Gasteiger partial charge >= 0.3 is 94.2 Å². The Bertz CT molecular complexity index is 953. The first-order valence-electron chi connectivity index (χ1n) is 8.19. The zero-order valence-corrected chi connectivity index (χ0v) is 27.2. The van der Waals surface area contributed by atoms with Gasteiger partial charge in [-0.15, -0.1) is 0 Å². The number of benzene rings is 3. The standard InChI is InChI=1S/C9H10BrIO2.C6H4BrIO.C6H4BrI/c1-7(12)13-11(2)9-5-3-4-8(10)6-9;7-5-2-1-3-6(4-5)8-9;7-5-2-1-3-6(8)4-5/h3-6H,1-2H3;1-4H;1-4H. The van der Waals surface area contributed by atoms with E-state index in [4.69, 9.17) is 3.07 Å². The molecular weight excluding hydrogens is 921 g/mol. The van der Waals surface area contributed by atoms with Gasteiger partial charge in [0.1, 0.15) is 0 Å². The van der Waals surface area contributed by atoms with E-state index in [0.29, 0.717) is 0 Å². The van der Waals surface area contributed by atoms with Gasteiger partial charge in [0.15, 0.2) is 21.2 Å². The molecule has 3 rings (SSSR count). The topological polar surface area (TPSA) is 43.4 Å². The SMILES string of the molecule is Brc1cccc(I)c1.CC(=O)OI(C)c1cccc(Br)c1.O=Ic1cccc(Br)c1. The Kier molecular flexibility index (Phi) is 15.5. The van der Waals surface area contributed by atoms with E-state index >= 15 is 0 Å². The Morgan fingerprint density at radius 1 is 0.900 bits per heavy atom. The summed E-state index contributed by atoms with van der Waals surface area (Å²) in [4.78, 5) is 12.7. The quantitative estimate of drug-likeness (QED) is 0.195. The zero-order valence-electron chi connectivity index (χ0n) is 15.9. The number of hydrogen-bond acceptors (Lipinski definition) is 3. The molecule has 162 valence electrons. The molecule has 0 aliphatic carbocycles. The van der Waals surface area contributed by atoms with Crippen LogP contribution in [-0.2, 0) is 10.9 Å². The molecule has 3 nitrogen and oxygen atoms in total. The first-order valence-corrected chi connectivity index (χ1v) is 17.7. The fraction of sp³-hybridized carbons (Fsp3) is 0.0952. The second-order valence-electron chi connectivity index (χ2n) is 5.39. The van der Waals surface area contributed by atoms with Crippen molar-refractivity contribution in [1.82, 2.24) is 0 Å². The smallest absolute Gasteiger partial charge is 0.182 e. The van der Waals surface area contributed by atoms with E-state index in [1.165, 1.54) is 10.5 Å². The maximum atomic E-state index is 10.7. The third-order valence-corrected chi connectivity index (χ3v) is 10.0. The van der Waals surface area contributed by atoms with E-state index in [-0.39, 0.29) is 5.97 Å². The van der Waals surface area contributed by atoms with Crippen molar-refractivity contribution < 1.29 is 10.9 Å². The minimum Gasteiger partial charge on any atom is -0.265 e. The van der Waals surface area contributed by atoms with Crippen LogP contribution in [0.4, 0.5) is 0 Å². The molecule has 0 heterocycles. The summed E-state index contributed by atoms with van der Waals surface area (Å²) in [7, 11) is 0. The van der Waals surface area contributed by atoms with Crippen molar-refractivity contribution in [3.63, 3.8) is 0 Å². The van der Waals surface area contributed by atoms with E-state index in [1.807, 2.05) is 65.6 Å². The number of carbonyl (C=O) groups excluding carboxylic acids is 1. The molecule has 0 atom stereocenters. The molecule has 0 radical (unpaired) electrons. The van der Waals surface area contributed by atoms with Crippen LogP contribution in [0.2, 0.25) is 0 Å². The fourth-order valence-corrected chi connectivity index (χ4v) is 8.32. The van der Waals surface area contributed by atoms with E-state index in [0.717, 1.165) is 20.6 Å². The summed E-state index contributed by atoms with van der Waals surface area (Å²) in [5, 5.41) is 0. The Labute approximate surface area is 234 Å². The van der Waals surface area contributed by atoms with Crippen LogP contribution in [-0.4, -0.2) is 10.9 Å². The molecule has 0 aliphatic heterocycles. The molecule has 0 N–H and O–H groups in total. The van der Waals surface area contributed by atoms with Crippen LogP contribution < -0.4 is 0 Å². The molecule has 0 bridgehead atoms. The average molecular weight is 939 g/mol. The summed E-state index contributed by atoms with van der Waals surface area (Å²) in [6, 6.07) is 23.6. The predicted molar refractivity (Wildman–Crippen MR) is 159 cm³/mol. The largest absolute Gasteiger partial charge is 0.265 e. The van der Waals surface area contributed by atoms with Gasteiger partial charge < -0.3 is 0 Å². The monoisotopic (exact) mass is 936 g/mol. The molecule has 0 amide bonds. The van der Waals surface area contributed by atoms with Crippen LogP contribution in [0.1, 0.15) is 6.92 Å². The molecular formula is C21H18Br3I3O3. The first kappa shape index (κ1) is 28.6. The number of carbonyl (C=O) groups is 1. The minimum absolute atomic E-state index is 0.187. The molecule has 0 unspecified atom stereocenters. The van der Waals surface area contributed by atoms with Crippen molar-refractivity contribution in [3.05, 3.63) is 96.9 Å². The number of alkyl halides is 1. The second-order valence-corrected chi connectivity index (χ2v) is 15.2. The Hall–Kier alpha value is 0.560. The summed E-state index contributed by atoms with van der Waals surface area (Å²) in [5.41, 5.74) is 0. The van der Waals surface area contributed by atoms with Crippen molar-refractivity contribution in [2.75, 3.05) is 4.93 Å². The van der Waals surface area contributed by atoms with E-state index < -0.39 is 41.4 Å². The van der Waals surface area contributed by atoms with Gasteiger partial charge in [-0.25, -0.2) is 0 Å². The maximum Gasteiger partial charge on any atom is 0.182 e. The van der Waals surface area contributed by atoms with Gasteiger partial charge in [-0.2, -0.15) is 0 Å². The van der Waals surface area contributed by atoms with Crippen LogP contribution in [0.3, 0.4) is 0 Å². The Balaban J connectivity index is 0.000000234. The second kappa shape index (κ2) is 16.2. The van der Waals surface area contributed by atoms with E-state index in [9.17, 15) is 7.86 Å². The van der Waals surface area contributed by atoms with Crippen molar-refractivity contribution >= 4 is 118 Å². The van der Waals surface area contributed by atoms with Gasteiger partial charge in [0.2, 0.25) is 0 Å².